The number of rotatable bonds is 12. The zero-order valence-corrected chi connectivity index (χ0v) is 22.7. The molecule has 2 aromatic rings. The quantitative estimate of drug-likeness (QED) is 0.361. The number of nitrogens with one attached hydrogen (secondary N) is 1. The van der Waals surface area contributed by atoms with Crippen molar-refractivity contribution in [3.8, 4) is 11.5 Å². The molecule has 7 nitrogen and oxygen atoms in total. The lowest BCUT2D eigenvalue weighted by molar-refractivity contribution is -0.139. The maximum atomic E-state index is 13.6. The highest BCUT2D eigenvalue weighted by Gasteiger charge is 2.37. The summed E-state index contributed by atoms with van der Waals surface area (Å²) in [6.07, 6.45) is 9.32. The molecule has 2 aliphatic rings. The predicted octanol–water partition coefficient (Wildman–Crippen LogP) is 5.35. The molecule has 2 aromatic carbocycles. The molecule has 0 bridgehead atoms. The van der Waals surface area contributed by atoms with Gasteiger partial charge in [-0.15, -0.1) is 6.58 Å². The molecule has 7 heteroatoms. The van der Waals surface area contributed by atoms with Crippen molar-refractivity contribution < 1.29 is 19.1 Å². The third-order valence-electron chi connectivity index (χ3n) is 8.02. The first kappa shape index (κ1) is 28.4. The lowest BCUT2D eigenvalue weighted by Crippen LogP contribution is -2.50. The second kappa shape index (κ2) is 14.0. The number of primary amides is 1. The van der Waals surface area contributed by atoms with Crippen molar-refractivity contribution in [1.82, 2.24) is 10.2 Å². The molecule has 1 aliphatic carbocycles. The first-order valence-corrected chi connectivity index (χ1v) is 14.3. The van der Waals surface area contributed by atoms with E-state index >= 15 is 0 Å². The van der Waals surface area contributed by atoms with E-state index in [9.17, 15) is 14.4 Å². The summed E-state index contributed by atoms with van der Waals surface area (Å²) in [4.78, 5) is 41.4. The van der Waals surface area contributed by atoms with Crippen LogP contribution in [0.3, 0.4) is 0 Å². The summed E-state index contributed by atoms with van der Waals surface area (Å²) in [5.74, 6) is -0.132. The molecular formula is C32H41N3O4. The molecule has 1 saturated carbocycles. The third-order valence-corrected chi connectivity index (χ3v) is 8.02. The molecule has 3 N–H and O–H groups in total. The number of amides is 3. The zero-order chi connectivity index (χ0) is 27.6. The van der Waals surface area contributed by atoms with Crippen LogP contribution in [0.1, 0.15) is 63.4 Å². The van der Waals surface area contributed by atoms with Gasteiger partial charge in [-0.2, -0.15) is 0 Å². The summed E-state index contributed by atoms with van der Waals surface area (Å²) >= 11 is 0. The van der Waals surface area contributed by atoms with Crippen LogP contribution in [0.15, 0.2) is 67.3 Å². The number of allylic oxidation sites excluding steroid dienone is 1. The SMILES string of the molecule is C=CC[C@H](C(N)=O)[C@@H](CC1CCCC1)C(=O)N[C@H]1CCCCN(Cc2cccc(Oc3ccccc3)c2)C1=O. The minimum Gasteiger partial charge on any atom is -0.457 e. The van der Waals surface area contributed by atoms with E-state index in [0.717, 1.165) is 49.8 Å². The Labute approximate surface area is 231 Å². The molecule has 1 aliphatic heterocycles. The smallest absolute Gasteiger partial charge is 0.245 e. The van der Waals surface area contributed by atoms with Crippen LogP contribution in [0.5, 0.6) is 11.5 Å². The minimum absolute atomic E-state index is 0.0887. The summed E-state index contributed by atoms with van der Waals surface area (Å²) in [5.41, 5.74) is 6.70. The number of hydrogen-bond acceptors (Lipinski definition) is 4. The Morgan fingerprint density at radius 3 is 2.44 bits per heavy atom. The maximum Gasteiger partial charge on any atom is 0.245 e. The first-order chi connectivity index (χ1) is 18.9. The number of para-hydroxylation sites is 1. The van der Waals surface area contributed by atoms with Gasteiger partial charge in [-0.05, 0) is 67.9 Å². The van der Waals surface area contributed by atoms with Crippen molar-refractivity contribution in [2.24, 2.45) is 23.5 Å². The highest BCUT2D eigenvalue weighted by Crippen LogP contribution is 2.34. The zero-order valence-electron chi connectivity index (χ0n) is 22.7. The van der Waals surface area contributed by atoms with Gasteiger partial charge in [0.2, 0.25) is 17.7 Å². The van der Waals surface area contributed by atoms with Crippen LogP contribution in [0.25, 0.3) is 0 Å². The van der Waals surface area contributed by atoms with E-state index in [1.165, 1.54) is 0 Å². The van der Waals surface area contributed by atoms with Gasteiger partial charge in [0.05, 0.1) is 11.8 Å². The van der Waals surface area contributed by atoms with Crippen molar-refractivity contribution in [3.63, 3.8) is 0 Å². The van der Waals surface area contributed by atoms with E-state index in [4.69, 9.17) is 10.5 Å². The van der Waals surface area contributed by atoms with Crippen LogP contribution in [0, 0.1) is 17.8 Å². The Hall–Kier alpha value is -3.61. The van der Waals surface area contributed by atoms with Crippen LogP contribution in [-0.2, 0) is 20.9 Å². The first-order valence-electron chi connectivity index (χ1n) is 14.3. The van der Waals surface area contributed by atoms with Crippen molar-refractivity contribution in [2.75, 3.05) is 6.54 Å². The number of carbonyl (C=O) groups is 3. The van der Waals surface area contributed by atoms with Crippen molar-refractivity contribution >= 4 is 17.7 Å². The number of nitrogens with zero attached hydrogens (tertiary/aromatic N) is 1. The summed E-state index contributed by atoms with van der Waals surface area (Å²) < 4.78 is 5.97. The predicted molar refractivity (Wildman–Crippen MR) is 152 cm³/mol. The Morgan fingerprint density at radius 1 is 1.00 bits per heavy atom. The standard InChI is InChI=1S/C32H41N3O4/c1-2-11-27(30(33)36)28(21-23-12-6-7-13-23)31(37)34-29-18-8-9-19-35(32(29)38)22-24-14-10-17-26(20-24)39-25-15-4-3-5-16-25/h2-5,10,14-17,20,23,27-29H,1,6-9,11-13,18-19,21-22H2,(H2,33,36)(H,34,37)/t27-,28+,29-/m0/s1. The number of carbonyl (C=O) groups excluding carboxylic acids is 3. The summed E-state index contributed by atoms with van der Waals surface area (Å²) in [6.45, 7) is 4.83. The lowest BCUT2D eigenvalue weighted by Gasteiger charge is -2.29. The van der Waals surface area contributed by atoms with E-state index in [0.29, 0.717) is 44.0 Å². The summed E-state index contributed by atoms with van der Waals surface area (Å²) in [7, 11) is 0. The van der Waals surface area contributed by atoms with Gasteiger partial charge in [-0.25, -0.2) is 0 Å². The van der Waals surface area contributed by atoms with Crippen molar-refractivity contribution in [3.05, 3.63) is 72.8 Å². The van der Waals surface area contributed by atoms with Gasteiger partial charge in [-0.3, -0.25) is 14.4 Å². The number of likely N-dealkylation sites (tertiary alicyclic amines) is 1. The van der Waals surface area contributed by atoms with Gasteiger partial charge >= 0.3 is 0 Å². The van der Waals surface area contributed by atoms with Crippen LogP contribution in [0.4, 0.5) is 0 Å². The molecular weight excluding hydrogens is 490 g/mol. The Balaban J connectivity index is 1.45. The average molecular weight is 532 g/mol. The number of hydrogen-bond donors (Lipinski definition) is 2. The fourth-order valence-corrected chi connectivity index (χ4v) is 5.94. The lowest BCUT2D eigenvalue weighted by atomic mass is 9.80. The molecule has 3 atom stereocenters. The molecule has 1 saturated heterocycles. The number of benzene rings is 2. The van der Waals surface area contributed by atoms with Gasteiger partial charge in [0.25, 0.3) is 0 Å². The van der Waals surface area contributed by atoms with Gasteiger partial charge in [0, 0.05) is 13.1 Å². The summed E-state index contributed by atoms with van der Waals surface area (Å²) in [5, 5.41) is 3.04. The Morgan fingerprint density at radius 2 is 1.72 bits per heavy atom. The van der Waals surface area contributed by atoms with Crippen LogP contribution < -0.4 is 15.8 Å². The summed E-state index contributed by atoms with van der Waals surface area (Å²) in [6, 6.07) is 16.7. The van der Waals surface area contributed by atoms with Crippen molar-refractivity contribution in [2.45, 2.75) is 70.4 Å². The van der Waals surface area contributed by atoms with Crippen LogP contribution in [-0.4, -0.2) is 35.2 Å². The molecule has 0 aromatic heterocycles. The third kappa shape index (κ3) is 7.94. The monoisotopic (exact) mass is 531 g/mol. The highest BCUT2D eigenvalue weighted by atomic mass is 16.5. The van der Waals surface area contributed by atoms with Gasteiger partial charge in [0.15, 0.2) is 0 Å². The second-order valence-corrected chi connectivity index (χ2v) is 10.9. The highest BCUT2D eigenvalue weighted by molar-refractivity contribution is 5.91. The molecule has 4 rings (SSSR count). The molecule has 0 spiro atoms. The molecule has 3 amide bonds. The molecule has 1 heterocycles. The molecule has 39 heavy (non-hydrogen) atoms. The normalized spacial score (nSPS) is 19.6. The number of nitrogens with two attached hydrogens (primary N) is 1. The maximum absolute atomic E-state index is 13.6. The van der Waals surface area contributed by atoms with E-state index in [2.05, 4.69) is 11.9 Å². The van der Waals surface area contributed by atoms with Gasteiger partial charge < -0.3 is 20.7 Å². The van der Waals surface area contributed by atoms with E-state index < -0.39 is 23.8 Å². The number of ether oxygens (including phenoxy) is 1. The minimum atomic E-state index is -0.618. The van der Waals surface area contributed by atoms with Crippen LogP contribution >= 0.6 is 0 Å². The van der Waals surface area contributed by atoms with Crippen molar-refractivity contribution in [1.29, 1.82) is 0 Å². The fraction of sp³-hybridized carbons (Fsp3) is 0.469. The Bertz CT molecular complexity index is 1130. The Kier molecular flexibility index (Phi) is 10.2. The van der Waals surface area contributed by atoms with E-state index in [-0.39, 0.29) is 11.8 Å². The average Bonchev–Trinajstić information content (AvgIpc) is 3.39. The molecule has 208 valence electrons. The molecule has 0 radical (unpaired) electrons. The topological polar surface area (TPSA) is 102 Å². The van der Waals surface area contributed by atoms with Crippen LogP contribution in [0.2, 0.25) is 0 Å². The van der Waals surface area contributed by atoms with Gasteiger partial charge in [-0.1, -0.05) is 62.1 Å². The van der Waals surface area contributed by atoms with E-state index in [1.807, 2.05) is 59.5 Å². The van der Waals surface area contributed by atoms with E-state index in [1.54, 1.807) is 6.08 Å². The molecule has 2 fully saturated rings. The fourth-order valence-electron chi connectivity index (χ4n) is 5.94. The molecule has 0 unspecified atom stereocenters. The largest absolute Gasteiger partial charge is 0.457 e. The second-order valence-electron chi connectivity index (χ2n) is 10.9. The van der Waals surface area contributed by atoms with Gasteiger partial charge in [0.1, 0.15) is 17.5 Å².